The van der Waals surface area contributed by atoms with E-state index in [1.165, 1.54) is 12.1 Å². The molecule has 0 fully saturated rings. The Bertz CT molecular complexity index is 955. The second-order valence-corrected chi connectivity index (χ2v) is 6.89. The van der Waals surface area contributed by atoms with E-state index in [0.717, 1.165) is 0 Å². The molecular weight excluding hydrogens is 591 g/mol. The standard InChI is InChI=1S/C16H3F21/c17-7(18,6-4-2-1-3-5-6)8(19,20)9(21,22)10(23,24)11(25,26)12(27,28)13(29,30)14(31,32)15(33,34)16(35,36)37/h1,4-5H. The fourth-order valence-corrected chi connectivity index (χ4v) is 2.27. The van der Waals surface area contributed by atoms with Crippen LogP contribution in [0.4, 0.5) is 92.2 Å². The van der Waals surface area contributed by atoms with E-state index in [2.05, 4.69) is 0 Å². The number of hydrogen-bond donors (Lipinski definition) is 0. The van der Waals surface area contributed by atoms with Crippen LogP contribution in [0.2, 0.25) is 0 Å². The first-order chi connectivity index (χ1) is 15.9. The Kier molecular flexibility index (Phi) is 7.42. The molecule has 0 aliphatic heterocycles. The first-order valence-corrected chi connectivity index (χ1v) is 8.20. The number of rotatable bonds is 9. The van der Waals surface area contributed by atoms with Crippen LogP contribution >= 0.6 is 0 Å². The smallest absolute Gasteiger partial charge is 0.194 e. The Balaban J connectivity index is 3.81. The number of benzene rings is 1. The first-order valence-electron chi connectivity index (χ1n) is 8.20. The molecule has 1 aromatic carbocycles. The third-order valence-electron chi connectivity index (χ3n) is 4.52. The van der Waals surface area contributed by atoms with Gasteiger partial charge in [0.25, 0.3) is 0 Å². The maximum Gasteiger partial charge on any atom is 0.460 e. The zero-order chi connectivity index (χ0) is 30.1. The summed E-state index contributed by atoms with van der Waals surface area (Å²) in [4.78, 5) is 0. The molecule has 0 aliphatic carbocycles. The lowest BCUT2D eigenvalue weighted by atomic mass is 9.85. The molecule has 0 heterocycles. The van der Waals surface area contributed by atoms with Gasteiger partial charge in [-0.15, -0.1) is 0 Å². The molecule has 0 saturated carbocycles. The lowest BCUT2D eigenvalue weighted by molar-refractivity contribution is -0.474. The zero-order valence-corrected chi connectivity index (χ0v) is 16.2. The summed E-state index contributed by atoms with van der Waals surface area (Å²) < 4.78 is 278. The average molecular weight is 594 g/mol. The van der Waals surface area contributed by atoms with E-state index in [4.69, 9.17) is 0 Å². The van der Waals surface area contributed by atoms with Crippen molar-refractivity contribution < 1.29 is 92.2 Å². The maximum absolute atomic E-state index is 13.8. The second kappa shape index (κ2) is 8.37. The Morgan fingerprint density at radius 2 is 0.595 bits per heavy atom. The zero-order valence-electron chi connectivity index (χ0n) is 16.2. The summed E-state index contributed by atoms with van der Waals surface area (Å²) in [5.41, 5.74) is -2.51. The lowest BCUT2D eigenvalue weighted by Crippen LogP contribution is -2.76. The summed E-state index contributed by atoms with van der Waals surface area (Å²) in [6, 6.07) is 2.54. The lowest BCUT2D eigenvalue weighted by Gasteiger charge is -2.44. The quantitative estimate of drug-likeness (QED) is 0.254. The van der Waals surface area contributed by atoms with E-state index < -0.39 is 65.0 Å². The van der Waals surface area contributed by atoms with Gasteiger partial charge in [-0.2, -0.15) is 92.2 Å². The largest absolute Gasteiger partial charge is 0.460 e. The summed E-state index contributed by atoms with van der Waals surface area (Å²) >= 11 is 0. The van der Waals surface area contributed by atoms with Crippen LogP contribution in [-0.2, 0) is 5.92 Å². The Morgan fingerprint density at radius 1 is 0.351 bits per heavy atom. The molecule has 2 radical (unpaired) electrons. The van der Waals surface area contributed by atoms with Gasteiger partial charge in [-0.05, 0) is 30.3 Å². The highest BCUT2D eigenvalue weighted by atomic mass is 19.4. The van der Waals surface area contributed by atoms with Crippen LogP contribution < -0.4 is 0 Å². The molecular formula is C16H3F21. The number of halogens is 21. The molecule has 1 aromatic rings. The minimum Gasteiger partial charge on any atom is -0.194 e. The van der Waals surface area contributed by atoms with Crippen molar-refractivity contribution in [1.29, 1.82) is 0 Å². The van der Waals surface area contributed by atoms with Gasteiger partial charge in [0.2, 0.25) is 0 Å². The fraction of sp³-hybridized carbons (Fsp3) is 0.625. The Morgan fingerprint density at radius 3 is 0.865 bits per heavy atom. The van der Waals surface area contributed by atoms with E-state index in [-0.39, 0.29) is 12.1 Å². The molecule has 1 rings (SSSR count). The van der Waals surface area contributed by atoms with Crippen LogP contribution in [0, 0.1) is 12.1 Å². The second-order valence-electron chi connectivity index (χ2n) is 6.89. The number of alkyl halides is 21. The third kappa shape index (κ3) is 3.95. The van der Waals surface area contributed by atoms with Crippen molar-refractivity contribution in [2.24, 2.45) is 0 Å². The van der Waals surface area contributed by atoms with Gasteiger partial charge in [0, 0.05) is 5.56 Å². The third-order valence-corrected chi connectivity index (χ3v) is 4.52. The van der Waals surface area contributed by atoms with Gasteiger partial charge in [-0.25, -0.2) is 0 Å². The van der Waals surface area contributed by atoms with Gasteiger partial charge in [0.05, 0.1) is 0 Å². The minimum atomic E-state index is -9.18. The van der Waals surface area contributed by atoms with Crippen molar-refractivity contribution in [3.8, 4) is 0 Å². The monoisotopic (exact) mass is 594 g/mol. The predicted molar refractivity (Wildman–Crippen MR) is 73.6 cm³/mol. The van der Waals surface area contributed by atoms with Crippen LogP contribution in [-0.4, -0.2) is 53.6 Å². The summed E-state index contributed by atoms with van der Waals surface area (Å²) in [7, 11) is 0. The summed E-state index contributed by atoms with van der Waals surface area (Å²) in [6.45, 7) is 0. The molecule has 0 atom stereocenters. The van der Waals surface area contributed by atoms with Crippen molar-refractivity contribution in [2.45, 2.75) is 59.5 Å². The van der Waals surface area contributed by atoms with E-state index in [0.29, 0.717) is 6.07 Å². The van der Waals surface area contributed by atoms with Crippen LogP contribution in [0.1, 0.15) is 5.56 Å². The molecule has 0 amide bonds. The average Bonchev–Trinajstić information content (AvgIpc) is 2.72. The van der Waals surface area contributed by atoms with Crippen LogP contribution in [0.3, 0.4) is 0 Å². The summed E-state index contributed by atoms with van der Waals surface area (Å²) in [5, 5.41) is 0. The first kappa shape index (κ1) is 32.8. The van der Waals surface area contributed by atoms with Crippen molar-refractivity contribution in [1.82, 2.24) is 0 Å². The topological polar surface area (TPSA) is 0 Å². The van der Waals surface area contributed by atoms with Crippen LogP contribution in [0.25, 0.3) is 0 Å². The highest BCUT2D eigenvalue weighted by molar-refractivity contribution is 5.25. The molecule has 0 aliphatic rings. The molecule has 0 aromatic heterocycles. The van der Waals surface area contributed by atoms with Gasteiger partial charge in [-0.1, -0.05) is 0 Å². The molecule has 214 valence electrons. The van der Waals surface area contributed by atoms with Gasteiger partial charge in [0.15, 0.2) is 0 Å². The SMILES string of the molecule is FC(F)(F)C(F)(F)C(F)(F)C(F)(F)C(F)(F)C(F)(F)C(F)(F)C(F)(F)C(F)(F)C(F)(F)c1c[c]c[c]c1. The Hall–Kier alpha value is -2.25. The molecule has 0 saturated heterocycles. The van der Waals surface area contributed by atoms with Crippen molar-refractivity contribution in [3.63, 3.8) is 0 Å². The molecule has 21 heteroatoms. The summed E-state index contributed by atoms with van der Waals surface area (Å²) in [5.74, 6) is -77.1. The van der Waals surface area contributed by atoms with Crippen molar-refractivity contribution in [3.05, 3.63) is 35.9 Å². The molecule has 0 N–H and O–H groups in total. The van der Waals surface area contributed by atoms with Crippen LogP contribution in [0.5, 0.6) is 0 Å². The van der Waals surface area contributed by atoms with E-state index in [1.54, 1.807) is 0 Å². The Labute approximate surface area is 189 Å². The normalized spacial score (nSPS) is 16.2. The number of hydrogen-bond acceptors (Lipinski definition) is 0. The van der Waals surface area contributed by atoms with Gasteiger partial charge >= 0.3 is 59.5 Å². The molecule has 37 heavy (non-hydrogen) atoms. The fourth-order valence-electron chi connectivity index (χ4n) is 2.27. The molecule has 0 bridgehead atoms. The van der Waals surface area contributed by atoms with Crippen molar-refractivity contribution in [2.75, 3.05) is 0 Å². The minimum absolute atomic E-state index is 0.390. The predicted octanol–water partition coefficient (Wildman–Crippen LogP) is 8.02. The van der Waals surface area contributed by atoms with E-state index >= 15 is 0 Å². The maximum atomic E-state index is 13.8. The molecule has 0 spiro atoms. The highest BCUT2D eigenvalue weighted by Crippen LogP contribution is 2.66. The van der Waals surface area contributed by atoms with Crippen molar-refractivity contribution >= 4 is 0 Å². The van der Waals surface area contributed by atoms with Gasteiger partial charge in [-0.3, -0.25) is 0 Å². The molecule has 0 nitrogen and oxygen atoms in total. The van der Waals surface area contributed by atoms with Gasteiger partial charge in [0.1, 0.15) is 0 Å². The van der Waals surface area contributed by atoms with Gasteiger partial charge < -0.3 is 0 Å². The van der Waals surface area contributed by atoms with E-state index in [1.807, 2.05) is 0 Å². The molecule has 0 unspecified atom stereocenters. The van der Waals surface area contributed by atoms with E-state index in [9.17, 15) is 92.2 Å². The highest BCUT2D eigenvalue weighted by Gasteiger charge is 2.97. The van der Waals surface area contributed by atoms with Crippen LogP contribution in [0.15, 0.2) is 18.2 Å². The summed E-state index contributed by atoms with van der Waals surface area (Å²) in [6.07, 6.45) is -8.00.